The van der Waals surface area contributed by atoms with Gasteiger partial charge in [0.25, 0.3) is 0 Å². The first-order valence-corrected chi connectivity index (χ1v) is 7.20. The van der Waals surface area contributed by atoms with Gasteiger partial charge in [-0.1, -0.05) is 13.0 Å². The molecule has 0 radical (unpaired) electrons. The van der Waals surface area contributed by atoms with Crippen molar-refractivity contribution < 1.29 is 14.6 Å². The molecule has 4 heteroatoms. The Hall–Kier alpha value is -1.26. The minimum Gasteiger partial charge on any atom is -0.493 e. The van der Waals surface area contributed by atoms with E-state index in [4.69, 9.17) is 14.6 Å². The van der Waals surface area contributed by atoms with E-state index in [-0.39, 0.29) is 12.1 Å². The molecule has 0 aromatic heterocycles. The van der Waals surface area contributed by atoms with Gasteiger partial charge >= 0.3 is 0 Å². The molecular formula is C16H27NO3. The molecular weight excluding hydrogens is 254 g/mol. The van der Waals surface area contributed by atoms with Crippen LogP contribution in [-0.2, 0) is 6.54 Å². The van der Waals surface area contributed by atoms with Crippen molar-refractivity contribution in [2.75, 3.05) is 19.8 Å². The summed E-state index contributed by atoms with van der Waals surface area (Å²) in [4.78, 5) is 0. The molecule has 0 aliphatic carbocycles. The molecule has 1 rings (SSSR count). The number of rotatable bonds is 8. The maximum Gasteiger partial charge on any atom is 0.127 e. The van der Waals surface area contributed by atoms with Crippen LogP contribution in [0.1, 0.15) is 39.7 Å². The molecule has 1 aromatic carbocycles. The first-order chi connectivity index (χ1) is 9.46. The third kappa shape index (κ3) is 6.26. The zero-order valence-electron chi connectivity index (χ0n) is 13.0. The summed E-state index contributed by atoms with van der Waals surface area (Å²) in [7, 11) is 0. The minimum atomic E-state index is 0.00614. The predicted octanol–water partition coefficient (Wildman–Crippen LogP) is 2.73. The van der Waals surface area contributed by atoms with E-state index in [1.165, 1.54) is 0 Å². The van der Waals surface area contributed by atoms with Crippen LogP contribution in [0, 0.1) is 0 Å². The highest BCUT2D eigenvalue weighted by atomic mass is 16.5. The molecule has 1 aromatic rings. The summed E-state index contributed by atoms with van der Waals surface area (Å²) in [6.45, 7) is 10.2. The van der Waals surface area contributed by atoms with Gasteiger partial charge in [-0.2, -0.15) is 0 Å². The topological polar surface area (TPSA) is 50.7 Å². The van der Waals surface area contributed by atoms with Crippen molar-refractivity contribution >= 4 is 0 Å². The smallest absolute Gasteiger partial charge is 0.127 e. The summed E-state index contributed by atoms with van der Waals surface area (Å²) in [5, 5.41) is 12.4. The molecule has 0 saturated carbocycles. The maximum atomic E-state index is 8.92. The highest BCUT2D eigenvalue weighted by Gasteiger charge is 2.12. The number of hydrogen-bond donors (Lipinski definition) is 2. The normalized spacial score (nSPS) is 11.4. The van der Waals surface area contributed by atoms with Crippen molar-refractivity contribution in [3.05, 3.63) is 23.8 Å². The fourth-order valence-electron chi connectivity index (χ4n) is 1.64. The number of ether oxygens (including phenoxy) is 2. The SMILES string of the molecule is CCCOc1ccc(CNC(C)(C)C)c(OCCO)c1. The molecule has 0 spiro atoms. The van der Waals surface area contributed by atoms with Gasteiger partial charge in [0, 0.05) is 23.7 Å². The average molecular weight is 281 g/mol. The van der Waals surface area contributed by atoms with Crippen LogP contribution in [0.5, 0.6) is 11.5 Å². The van der Waals surface area contributed by atoms with E-state index in [0.29, 0.717) is 13.2 Å². The molecule has 2 N–H and O–H groups in total. The average Bonchev–Trinajstić information content (AvgIpc) is 2.40. The summed E-state index contributed by atoms with van der Waals surface area (Å²) in [5.41, 5.74) is 1.11. The standard InChI is InChI=1S/C16H27NO3/c1-5-9-19-14-7-6-13(12-17-16(2,3)4)15(11-14)20-10-8-18/h6-7,11,17-18H,5,8-10,12H2,1-4H3. The van der Waals surface area contributed by atoms with Gasteiger partial charge in [-0.05, 0) is 33.3 Å². The van der Waals surface area contributed by atoms with E-state index in [1.807, 2.05) is 18.2 Å². The molecule has 20 heavy (non-hydrogen) atoms. The second-order valence-corrected chi connectivity index (χ2v) is 5.79. The van der Waals surface area contributed by atoms with Crippen LogP contribution in [0.3, 0.4) is 0 Å². The lowest BCUT2D eigenvalue weighted by Gasteiger charge is -2.22. The van der Waals surface area contributed by atoms with Crippen LogP contribution in [0.4, 0.5) is 0 Å². The van der Waals surface area contributed by atoms with Crippen molar-refractivity contribution in [2.24, 2.45) is 0 Å². The quantitative estimate of drug-likeness (QED) is 0.769. The molecule has 114 valence electrons. The lowest BCUT2D eigenvalue weighted by atomic mass is 10.1. The van der Waals surface area contributed by atoms with Gasteiger partial charge in [0.05, 0.1) is 13.2 Å². The lowest BCUT2D eigenvalue weighted by molar-refractivity contribution is 0.199. The summed E-state index contributed by atoms with van der Waals surface area (Å²) in [6.07, 6.45) is 0.972. The van der Waals surface area contributed by atoms with Crippen LogP contribution in [0.25, 0.3) is 0 Å². The Morgan fingerprint density at radius 1 is 1.15 bits per heavy atom. The van der Waals surface area contributed by atoms with Crippen molar-refractivity contribution in [2.45, 2.75) is 46.2 Å². The van der Waals surface area contributed by atoms with Crippen LogP contribution in [0.15, 0.2) is 18.2 Å². The summed E-state index contributed by atoms with van der Waals surface area (Å²) in [5.74, 6) is 1.57. The summed E-state index contributed by atoms with van der Waals surface area (Å²) < 4.78 is 11.2. The molecule has 0 bridgehead atoms. The Labute approximate surface area is 122 Å². The highest BCUT2D eigenvalue weighted by Crippen LogP contribution is 2.25. The Bertz CT molecular complexity index is 399. The molecule has 0 heterocycles. The largest absolute Gasteiger partial charge is 0.493 e. The minimum absolute atomic E-state index is 0.00614. The number of benzene rings is 1. The third-order valence-corrected chi connectivity index (χ3v) is 2.67. The van der Waals surface area contributed by atoms with Gasteiger partial charge in [0.15, 0.2) is 0 Å². The van der Waals surface area contributed by atoms with Gasteiger partial charge in [-0.15, -0.1) is 0 Å². The van der Waals surface area contributed by atoms with Crippen molar-refractivity contribution in [1.82, 2.24) is 5.32 Å². The Morgan fingerprint density at radius 2 is 1.90 bits per heavy atom. The first kappa shape index (κ1) is 16.8. The van der Waals surface area contributed by atoms with E-state index in [9.17, 15) is 0 Å². The third-order valence-electron chi connectivity index (χ3n) is 2.67. The van der Waals surface area contributed by atoms with E-state index < -0.39 is 0 Å². The monoisotopic (exact) mass is 281 g/mol. The van der Waals surface area contributed by atoms with Gasteiger partial charge < -0.3 is 19.9 Å². The zero-order chi connectivity index (χ0) is 15.0. The van der Waals surface area contributed by atoms with Crippen molar-refractivity contribution in [1.29, 1.82) is 0 Å². The second kappa shape index (κ2) is 8.12. The Kier molecular flexibility index (Phi) is 6.82. The van der Waals surface area contributed by atoms with Crippen LogP contribution >= 0.6 is 0 Å². The Morgan fingerprint density at radius 3 is 2.50 bits per heavy atom. The second-order valence-electron chi connectivity index (χ2n) is 5.79. The molecule has 0 atom stereocenters. The van der Waals surface area contributed by atoms with Gasteiger partial charge in [-0.3, -0.25) is 0 Å². The van der Waals surface area contributed by atoms with Crippen LogP contribution in [-0.4, -0.2) is 30.5 Å². The fraction of sp³-hybridized carbons (Fsp3) is 0.625. The zero-order valence-corrected chi connectivity index (χ0v) is 13.0. The molecule has 0 saturated heterocycles. The van der Waals surface area contributed by atoms with E-state index in [1.54, 1.807) is 0 Å². The molecule has 0 unspecified atom stereocenters. The van der Waals surface area contributed by atoms with E-state index >= 15 is 0 Å². The maximum absolute atomic E-state index is 8.92. The number of nitrogens with one attached hydrogen (secondary N) is 1. The van der Waals surface area contributed by atoms with Crippen LogP contribution < -0.4 is 14.8 Å². The molecule has 4 nitrogen and oxygen atoms in total. The highest BCUT2D eigenvalue weighted by molar-refractivity contribution is 5.40. The molecule has 0 amide bonds. The van der Waals surface area contributed by atoms with E-state index in [2.05, 4.69) is 33.0 Å². The number of hydrogen-bond acceptors (Lipinski definition) is 4. The van der Waals surface area contributed by atoms with Gasteiger partial charge in [0.2, 0.25) is 0 Å². The molecule has 0 fully saturated rings. The summed E-state index contributed by atoms with van der Waals surface area (Å²) >= 11 is 0. The Balaban J connectivity index is 2.79. The van der Waals surface area contributed by atoms with Gasteiger partial charge in [-0.25, -0.2) is 0 Å². The fourth-order valence-corrected chi connectivity index (χ4v) is 1.64. The van der Waals surface area contributed by atoms with E-state index in [0.717, 1.165) is 30.0 Å². The van der Waals surface area contributed by atoms with Gasteiger partial charge in [0.1, 0.15) is 18.1 Å². The number of aliphatic hydroxyl groups excluding tert-OH is 1. The predicted molar refractivity (Wildman–Crippen MR) is 81.4 cm³/mol. The molecule has 0 aliphatic heterocycles. The lowest BCUT2D eigenvalue weighted by Crippen LogP contribution is -2.35. The van der Waals surface area contributed by atoms with Crippen molar-refractivity contribution in [3.8, 4) is 11.5 Å². The number of aliphatic hydroxyl groups is 1. The first-order valence-electron chi connectivity index (χ1n) is 7.20. The molecule has 0 aliphatic rings. The van der Waals surface area contributed by atoms with Crippen LogP contribution in [0.2, 0.25) is 0 Å². The summed E-state index contributed by atoms with van der Waals surface area (Å²) in [6, 6.07) is 5.86. The van der Waals surface area contributed by atoms with Crippen molar-refractivity contribution in [3.63, 3.8) is 0 Å².